The molecule has 29 heavy (non-hydrogen) atoms. The van der Waals surface area contributed by atoms with Gasteiger partial charge in [0.1, 0.15) is 22.8 Å². The average Bonchev–Trinajstić information content (AvgIpc) is 2.63. The summed E-state index contributed by atoms with van der Waals surface area (Å²) in [6, 6.07) is 7.72. The molecule has 0 aromatic heterocycles. The summed E-state index contributed by atoms with van der Waals surface area (Å²) in [7, 11) is 0. The van der Waals surface area contributed by atoms with Crippen LogP contribution in [0.1, 0.15) is 27.7 Å². The lowest BCUT2D eigenvalue weighted by Crippen LogP contribution is -2.72. The first-order valence-electron chi connectivity index (χ1n) is 8.83. The van der Waals surface area contributed by atoms with Gasteiger partial charge >= 0.3 is 5.97 Å². The van der Waals surface area contributed by atoms with E-state index in [2.05, 4.69) is 5.32 Å². The number of carbonyl (C=O) groups excluding carboxylic acids is 4. The molecule has 1 aromatic rings. The number of rotatable bonds is 7. The van der Waals surface area contributed by atoms with Crippen LogP contribution in [-0.4, -0.2) is 56.9 Å². The van der Waals surface area contributed by atoms with Crippen molar-refractivity contribution in [2.24, 2.45) is 0 Å². The molecule has 2 unspecified atom stereocenters. The van der Waals surface area contributed by atoms with Gasteiger partial charge in [0.05, 0.1) is 0 Å². The predicted octanol–water partition coefficient (Wildman–Crippen LogP) is 1.90. The third-order valence-electron chi connectivity index (χ3n) is 3.64. The maximum absolute atomic E-state index is 12.5. The SMILES string of the molecule is CC(=O)S[C@@H]1C(NC(=O)COc2ccccc2)C(=O)N1C(Cl)C(=O)OC(C)(C)C. The van der Waals surface area contributed by atoms with Crippen LogP contribution in [0, 0.1) is 0 Å². The topological polar surface area (TPSA) is 102 Å². The zero-order valence-electron chi connectivity index (χ0n) is 16.5. The molecule has 1 saturated heterocycles. The number of benzene rings is 1. The molecule has 0 aliphatic carbocycles. The smallest absolute Gasteiger partial charge is 0.345 e. The van der Waals surface area contributed by atoms with Crippen molar-refractivity contribution in [3.63, 3.8) is 0 Å². The molecular formula is C19H23ClN2O6S. The van der Waals surface area contributed by atoms with Gasteiger partial charge < -0.3 is 14.8 Å². The maximum Gasteiger partial charge on any atom is 0.345 e. The molecule has 1 aromatic carbocycles. The molecule has 1 N–H and O–H groups in total. The van der Waals surface area contributed by atoms with Crippen LogP contribution in [0.25, 0.3) is 0 Å². The normalized spacial score (nSPS) is 19.8. The van der Waals surface area contributed by atoms with E-state index in [9.17, 15) is 19.2 Å². The Morgan fingerprint density at radius 2 is 1.86 bits per heavy atom. The Hall–Kier alpha value is -2.26. The van der Waals surface area contributed by atoms with E-state index in [0.717, 1.165) is 16.7 Å². The Kier molecular flexibility index (Phi) is 7.54. The van der Waals surface area contributed by atoms with Gasteiger partial charge in [-0.05, 0) is 32.9 Å². The largest absolute Gasteiger partial charge is 0.484 e. The number of hydrogen-bond donors (Lipinski definition) is 1. The highest BCUT2D eigenvalue weighted by molar-refractivity contribution is 8.14. The number of nitrogens with one attached hydrogen (secondary N) is 1. The minimum absolute atomic E-state index is 0.291. The standard InChI is InChI=1S/C19H23ClN2O6S/c1-11(23)29-17-14(21-13(24)10-27-12-8-6-5-7-9-12)16(25)22(17)15(20)18(26)28-19(2,3)4/h5-9,14-15,17H,10H2,1-4H3,(H,21,24)/t14?,15?,17-/m1/s1. The zero-order chi connectivity index (χ0) is 21.8. The molecular weight excluding hydrogens is 420 g/mol. The van der Waals surface area contributed by atoms with E-state index in [0.29, 0.717) is 5.75 Å². The molecule has 0 radical (unpaired) electrons. The Balaban J connectivity index is 2.00. The van der Waals surface area contributed by atoms with Crippen molar-refractivity contribution in [2.75, 3.05) is 6.61 Å². The summed E-state index contributed by atoms with van der Waals surface area (Å²) in [5.41, 5.74) is -2.20. The minimum Gasteiger partial charge on any atom is -0.484 e. The van der Waals surface area contributed by atoms with Gasteiger partial charge in [-0.15, -0.1) is 0 Å². The monoisotopic (exact) mass is 442 g/mol. The van der Waals surface area contributed by atoms with Gasteiger partial charge in [-0.1, -0.05) is 41.6 Å². The first-order chi connectivity index (χ1) is 13.5. The fourth-order valence-corrected chi connectivity index (χ4v) is 3.83. The van der Waals surface area contributed by atoms with Crippen molar-refractivity contribution in [3.05, 3.63) is 30.3 Å². The van der Waals surface area contributed by atoms with Gasteiger partial charge in [-0.25, -0.2) is 4.79 Å². The molecule has 3 atom stereocenters. The fraction of sp³-hybridized carbons (Fsp3) is 0.474. The van der Waals surface area contributed by atoms with Crippen molar-refractivity contribution >= 4 is 46.3 Å². The Labute approximate surface area is 178 Å². The van der Waals surface area contributed by atoms with Crippen LogP contribution in [0.3, 0.4) is 0 Å². The van der Waals surface area contributed by atoms with Crippen LogP contribution in [0.5, 0.6) is 5.75 Å². The van der Waals surface area contributed by atoms with Crippen LogP contribution < -0.4 is 10.1 Å². The second-order valence-corrected chi connectivity index (χ2v) is 8.97. The molecule has 10 heteroatoms. The van der Waals surface area contributed by atoms with Gasteiger partial charge in [0, 0.05) is 6.92 Å². The van der Waals surface area contributed by atoms with E-state index in [-0.39, 0.29) is 11.7 Å². The van der Waals surface area contributed by atoms with E-state index in [1.54, 1.807) is 45.0 Å². The lowest BCUT2D eigenvalue weighted by molar-refractivity contribution is -0.167. The molecule has 1 fully saturated rings. The van der Waals surface area contributed by atoms with Crippen LogP contribution in [0.2, 0.25) is 0 Å². The quantitative estimate of drug-likeness (QED) is 0.298. The number of para-hydroxylation sites is 1. The lowest BCUT2D eigenvalue weighted by Gasteiger charge is -2.47. The second-order valence-electron chi connectivity index (χ2n) is 7.26. The van der Waals surface area contributed by atoms with Gasteiger partial charge in [0.25, 0.3) is 11.8 Å². The molecule has 158 valence electrons. The highest BCUT2D eigenvalue weighted by Crippen LogP contribution is 2.34. The molecule has 1 aliphatic heterocycles. The van der Waals surface area contributed by atoms with Gasteiger partial charge in [0.15, 0.2) is 11.7 Å². The molecule has 1 heterocycles. The highest BCUT2D eigenvalue weighted by Gasteiger charge is 2.54. The summed E-state index contributed by atoms with van der Waals surface area (Å²) in [4.78, 5) is 49.5. The number of esters is 1. The number of halogens is 1. The summed E-state index contributed by atoms with van der Waals surface area (Å²) >= 11 is 6.92. The number of β-lactam (4-membered cyclic amide) rings is 1. The van der Waals surface area contributed by atoms with Crippen molar-refractivity contribution in [1.29, 1.82) is 0 Å². The summed E-state index contributed by atoms with van der Waals surface area (Å²) in [5.74, 6) is -1.42. The summed E-state index contributed by atoms with van der Waals surface area (Å²) in [6.45, 7) is 6.03. The Morgan fingerprint density at radius 1 is 1.24 bits per heavy atom. The number of likely N-dealkylation sites (tertiary alicyclic amines) is 1. The molecule has 1 aliphatic rings. The molecule has 8 nitrogen and oxygen atoms in total. The first-order valence-corrected chi connectivity index (χ1v) is 10.1. The van der Waals surface area contributed by atoms with Crippen molar-refractivity contribution in [3.8, 4) is 5.75 Å². The molecule has 0 spiro atoms. The third kappa shape index (κ3) is 6.37. The summed E-state index contributed by atoms with van der Waals surface area (Å²) in [5, 5.41) is 1.41. The minimum atomic E-state index is -1.41. The molecule has 0 bridgehead atoms. The van der Waals surface area contributed by atoms with E-state index in [4.69, 9.17) is 21.1 Å². The summed E-state index contributed by atoms with van der Waals surface area (Å²) in [6.07, 6.45) is 0. The number of ether oxygens (including phenoxy) is 2. The number of alkyl halides is 1. The molecule has 2 amide bonds. The van der Waals surface area contributed by atoms with E-state index in [1.807, 2.05) is 6.07 Å². The van der Waals surface area contributed by atoms with Crippen molar-refractivity contribution < 1.29 is 28.7 Å². The number of thioether (sulfide) groups is 1. The van der Waals surface area contributed by atoms with Gasteiger partial charge in [0.2, 0.25) is 5.50 Å². The van der Waals surface area contributed by atoms with Crippen molar-refractivity contribution in [1.82, 2.24) is 10.2 Å². The van der Waals surface area contributed by atoms with Gasteiger partial charge in [-0.3, -0.25) is 19.3 Å². The van der Waals surface area contributed by atoms with E-state index < -0.39 is 40.3 Å². The summed E-state index contributed by atoms with van der Waals surface area (Å²) < 4.78 is 10.5. The van der Waals surface area contributed by atoms with Crippen LogP contribution in [0.4, 0.5) is 0 Å². The average molecular weight is 443 g/mol. The zero-order valence-corrected chi connectivity index (χ0v) is 18.1. The van der Waals surface area contributed by atoms with Crippen molar-refractivity contribution in [2.45, 2.75) is 50.2 Å². The maximum atomic E-state index is 12.5. The van der Waals surface area contributed by atoms with Crippen LogP contribution in [0.15, 0.2) is 30.3 Å². The highest BCUT2D eigenvalue weighted by atomic mass is 35.5. The number of hydrogen-bond acceptors (Lipinski definition) is 7. The van der Waals surface area contributed by atoms with Crippen LogP contribution >= 0.6 is 23.4 Å². The molecule has 2 rings (SSSR count). The number of amides is 2. The number of nitrogens with zero attached hydrogens (tertiary/aromatic N) is 1. The lowest BCUT2D eigenvalue weighted by atomic mass is 10.1. The van der Waals surface area contributed by atoms with Crippen LogP contribution in [-0.2, 0) is 23.9 Å². The first kappa shape index (κ1) is 23.0. The number of carbonyl (C=O) groups is 4. The van der Waals surface area contributed by atoms with Gasteiger partial charge in [-0.2, -0.15) is 0 Å². The fourth-order valence-electron chi connectivity index (χ4n) is 2.50. The second kappa shape index (κ2) is 9.49. The predicted molar refractivity (Wildman–Crippen MR) is 108 cm³/mol. The Bertz CT molecular complexity index is 783. The van der Waals surface area contributed by atoms with E-state index in [1.165, 1.54) is 6.92 Å². The van der Waals surface area contributed by atoms with E-state index >= 15 is 0 Å². The Morgan fingerprint density at radius 3 is 2.41 bits per heavy atom. The third-order valence-corrected chi connectivity index (χ3v) is 5.10. The molecule has 0 saturated carbocycles.